The van der Waals surface area contributed by atoms with E-state index in [9.17, 15) is 18.0 Å². The fourth-order valence-electron chi connectivity index (χ4n) is 3.86. The number of piperidine rings is 1. The maximum Gasteiger partial charge on any atom is 0.346 e. The first-order valence-electron chi connectivity index (χ1n) is 9.96. The van der Waals surface area contributed by atoms with E-state index in [1.54, 1.807) is 19.2 Å². The van der Waals surface area contributed by atoms with Crippen LogP contribution in [0.3, 0.4) is 0 Å². The predicted octanol–water partition coefficient (Wildman–Crippen LogP) is -0.234. The van der Waals surface area contributed by atoms with Gasteiger partial charge in [-0.25, -0.2) is 22.2 Å². The van der Waals surface area contributed by atoms with Crippen molar-refractivity contribution in [3.8, 4) is 11.5 Å². The number of hydrogen-bond acceptors (Lipinski definition) is 7. The van der Waals surface area contributed by atoms with Crippen molar-refractivity contribution >= 4 is 15.9 Å². The number of nitrogens with zero attached hydrogens (tertiary/aromatic N) is 4. The Balaban J connectivity index is 1.41. The van der Waals surface area contributed by atoms with Gasteiger partial charge < -0.3 is 14.8 Å². The largest absolute Gasteiger partial charge is 0.454 e. The summed E-state index contributed by atoms with van der Waals surface area (Å²) in [6.45, 7) is 0.973. The number of sulfonamides is 1. The summed E-state index contributed by atoms with van der Waals surface area (Å²) in [6, 6.07) is 5.41. The molecule has 4 rings (SSSR count). The third-order valence-electron chi connectivity index (χ3n) is 5.51. The summed E-state index contributed by atoms with van der Waals surface area (Å²) in [6.07, 6.45) is 2.60. The first-order valence-corrected chi connectivity index (χ1v) is 11.8. The Bertz CT molecular complexity index is 1160. The zero-order valence-electron chi connectivity index (χ0n) is 17.4. The maximum absolute atomic E-state index is 12.6. The standard InChI is InChI=1S/C19H25N5O6S/c1-22-18(14-4-3-7-23(10-14)31(2,27)28)21-24(19(22)26)11-17(25)20-9-13-5-6-15-16(8-13)30-12-29-15/h5-6,8,14H,3-4,7,9-12H2,1-2H3,(H,20,25). The van der Waals surface area contributed by atoms with Crippen LogP contribution < -0.4 is 20.5 Å². The first-order chi connectivity index (χ1) is 14.7. The molecule has 168 valence electrons. The minimum Gasteiger partial charge on any atom is -0.454 e. The summed E-state index contributed by atoms with van der Waals surface area (Å²) in [4.78, 5) is 25.0. The number of rotatable bonds is 6. The van der Waals surface area contributed by atoms with E-state index >= 15 is 0 Å². The summed E-state index contributed by atoms with van der Waals surface area (Å²) >= 11 is 0. The fraction of sp³-hybridized carbons (Fsp3) is 0.526. The summed E-state index contributed by atoms with van der Waals surface area (Å²) in [7, 11) is -1.72. The Hall–Kier alpha value is -2.86. The number of carbonyl (C=O) groups is 1. The van der Waals surface area contributed by atoms with Crippen LogP contribution in [-0.2, 0) is 35.0 Å². The molecule has 0 saturated carbocycles. The molecule has 0 bridgehead atoms. The van der Waals surface area contributed by atoms with E-state index in [1.807, 2.05) is 6.07 Å². The van der Waals surface area contributed by atoms with Gasteiger partial charge in [0.05, 0.1) is 6.26 Å². The molecule has 1 fully saturated rings. The van der Waals surface area contributed by atoms with Crippen molar-refractivity contribution < 1.29 is 22.7 Å². The number of ether oxygens (including phenoxy) is 2. The van der Waals surface area contributed by atoms with Gasteiger partial charge in [-0.1, -0.05) is 6.07 Å². The highest BCUT2D eigenvalue weighted by atomic mass is 32.2. The van der Waals surface area contributed by atoms with Crippen molar-refractivity contribution in [2.45, 2.75) is 31.8 Å². The molecule has 1 unspecified atom stereocenters. The van der Waals surface area contributed by atoms with Gasteiger partial charge in [-0.2, -0.15) is 5.10 Å². The van der Waals surface area contributed by atoms with Crippen LogP contribution in [-0.4, -0.2) is 59.1 Å². The molecule has 2 aliphatic rings. The van der Waals surface area contributed by atoms with E-state index in [2.05, 4.69) is 10.4 Å². The number of fused-ring (bicyclic) bond motifs is 1. The Kier molecular flexibility index (Phi) is 5.75. The average molecular weight is 452 g/mol. The second kappa shape index (κ2) is 8.35. The van der Waals surface area contributed by atoms with E-state index in [4.69, 9.17) is 9.47 Å². The Labute approximate surface area is 179 Å². The molecule has 0 radical (unpaired) electrons. The molecule has 0 aliphatic carbocycles. The minimum atomic E-state index is -3.31. The van der Waals surface area contributed by atoms with Crippen LogP contribution in [0.15, 0.2) is 23.0 Å². The second-order valence-corrected chi connectivity index (χ2v) is 9.76. The molecular weight excluding hydrogens is 426 g/mol. The SMILES string of the molecule is Cn1c(C2CCCN(S(C)(=O)=O)C2)nn(CC(=O)NCc2ccc3c(c2)OCO3)c1=O. The van der Waals surface area contributed by atoms with Crippen molar-refractivity contribution in [3.63, 3.8) is 0 Å². The van der Waals surface area contributed by atoms with E-state index in [1.165, 1.54) is 15.1 Å². The number of nitrogens with one attached hydrogen (secondary N) is 1. The number of amides is 1. The lowest BCUT2D eigenvalue weighted by atomic mass is 9.99. The summed E-state index contributed by atoms with van der Waals surface area (Å²) in [5.74, 6) is 1.24. The van der Waals surface area contributed by atoms with Gasteiger partial charge in [-0.05, 0) is 30.5 Å². The zero-order chi connectivity index (χ0) is 22.2. The normalized spacial score (nSPS) is 18.8. The third-order valence-corrected chi connectivity index (χ3v) is 6.78. The van der Waals surface area contributed by atoms with Crippen LogP contribution in [0, 0.1) is 0 Å². The van der Waals surface area contributed by atoms with Crippen LogP contribution in [0.2, 0.25) is 0 Å². The summed E-state index contributed by atoms with van der Waals surface area (Å²) in [5.41, 5.74) is 0.430. The molecule has 11 nitrogen and oxygen atoms in total. The van der Waals surface area contributed by atoms with Gasteiger partial charge in [0.15, 0.2) is 11.5 Å². The van der Waals surface area contributed by atoms with E-state index < -0.39 is 15.7 Å². The zero-order valence-corrected chi connectivity index (χ0v) is 18.2. The van der Waals surface area contributed by atoms with Crippen molar-refractivity contribution in [3.05, 3.63) is 40.1 Å². The number of hydrogen-bond donors (Lipinski definition) is 1. The van der Waals surface area contributed by atoms with Crippen molar-refractivity contribution in [2.75, 3.05) is 26.1 Å². The Morgan fingerprint density at radius 2 is 2.06 bits per heavy atom. The van der Waals surface area contributed by atoms with Crippen LogP contribution in [0.4, 0.5) is 0 Å². The van der Waals surface area contributed by atoms with Gasteiger partial charge >= 0.3 is 5.69 Å². The molecule has 1 aromatic heterocycles. The van der Waals surface area contributed by atoms with E-state index in [-0.39, 0.29) is 38.3 Å². The number of carbonyl (C=O) groups excluding carboxylic acids is 1. The van der Waals surface area contributed by atoms with Crippen molar-refractivity contribution in [1.82, 2.24) is 24.0 Å². The van der Waals surface area contributed by atoms with E-state index in [0.717, 1.165) is 16.7 Å². The molecule has 3 heterocycles. The van der Waals surface area contributed by atoms with Crippen LogP contribution in [0.1, 0.15) is 30.1 Å². The average Bonchev–Trinajstić information content (AvgIpc) is 3.31. The molecule has 2 aliphatic heterocycles. The molecule has 31 heavy (non-hydrogen) atoms. The van der Waals surface area contributed by atoms with Gasteiger partial charge in [0.2, 0.25) is 22.7 Å². The quantitative estimate of drug-likeness (QED) is 0.643. The van der Waals surface area contributed by atoms with Crippen molar-refractivity contribution in [2.24, 2.45) is 7.05 Å². The van der Waals surface area contributed by atoms with Gasteiger partial charge in [0, 0.05) is 32.6 Å². The van der Waals surface area contributed by atoms with Gasteiger partial charge in [-0.3, -0.25) is 9.36 Å². The Morgan fingerprint density at radius 3 is 2.84 bits per heavy atom. The highest BCUT2D eigenvalue weighted by Crippen LogP contribution is 2.32. The monoisotopic (exact) mass is 451 g/mol. The first kappa shape index (κ1) is 21.4. The smallest absolute Gasteiger partial charge is 0.346 e. The van der Waals surface area contributed by atoms with Gasteiger partial charge in [0.25, 0.3) is 0 Å². The highest BCUT2D eigenvalue weighted by molar-refractivity contribution is 7.88. The molecule has 12 heteroatoms. The fourth-order valence-corrected chi connectivity index (χ4v) is 4.77. The summed E-state index contributed by atoms with van der Waals surface area (Å²) in [5, 5.41) is 7.11. The van der Waals surface area contributed by atoms with Crippen LogP contribution >= 0.6 is 0 Å². The lowest BCUT2D eigenvalue weighted by Gasteiger charge is -2.30. The van der Waals surface area contributed by atoms with Gasteiger partial charge in [0.1, 0.15) is 12.4 Å². The molecule has 2 aromatic rings. The minimum absolute atomic E-state index is 0.180. The second-order valence-electron chi connectivity index (χ2n) is 7.78. The number of benzene rings is 1. The van der Waals surface area contributed by atoms with Crippen LogP contribution in [0.5, 0.6) is 11.5 Å². The highest BCUT2D eigenvalue weighted by Gasteiger charge is 2.30. The van der Waals surface area contributed by atoms with Crippen LogP contribution in [0.25, 0.3) is 0 Å². The summed E-state index contributed by atoms with van der Waals surface area (Å²) < 4.78 is 38.3. The van der Waals surface area contributed by atoms with Gasteiger partial charge in [-0.15, -0.1) is 0 Å². The predicted molar refractivity (Wildman–Crippen MR) is 110 cm³/mol. The lowest BCUT2D eigenvalue weighted by molar-refractivity contribution is -0.122. The molecule has 1 N–H and O–H groups in total. The molecule has 1 saturated heterocycles. The number of aromatic nitrogens is 3. The topological polar surface area (TPSA) is 125 Å². The lowest BCUT2D eigenvalue weighted by Crippen LogP contribution is -2.39. The molecule has 1 atom stereocenters. The third kappa shape index (κ3) is 4.59. The van der Waals surface area contributed by atoms with Crippen molar-refractivity contribution in [1.29, 1.82) is 0 Å². The Morgan fingerprint density at radius 1 is 1.29 bits per heavy atom. The maximum atomic E-state index is 12.6. The molecule has 1 amide bonds. The van der Waals surface area contributed by atoms with E-state index in [0.29, 0.717) is 30.3 Å². The molecule has 0 spiro atoms. The molecule has 1 aromatic carbocycles. The molecular formula is C19H25N5O6S.